The molecule has 1 amide bonds. The number of nitrogens with zero attached hydrogens (tertiary/aromatic N) is 2. The first-order chi connectivity index (χ1) is 5.72. The number of nitrogens with one attached hydrogen (secondary N) is 1. The Bertz CT molecular complexity index is 290. The predicted octanol–water partition coefficient (Wildman–Crippen LogP) is 0.935. The summed E-state index contributed by atoms with van der Waals surface area (Å²) in [5.41, 5.74) is 0. The first kappa shape index (κ1) is 8.52. The number of hydrogen-bond acceptors (Lipinski definition) is 2. The molecule has 0 bridgehead atoms. The molecule has 0 fully saturated rings. The lowest BCUT2D eigenvalue weighted by molar-refractivity contribution is -0.115. The van der Waals surface area contributed by atoms with Crippen LogP contribution in [0.15, 0.2) is 24.9 Å². The number of anilines is 1. The molecule has 4 heteroatoms. The van der Waals surface area contributed by atoms with Crippen molar-refractivity contribution >= 4 is 11.7 Å². The molecule has 0 aliphatic heterocycles. The van der Waals surface area contributed by atoms with Crippen LogP contribution in [0.25, 0.3) is 0 Å². The highest BCUT2D eigenvalue weighted by molar-refractivity contribution is 5.90. The predicted molar refractivity (Wildman–Crippen MR) is 46.7 cm³/mol. The standard InChI is InChI=1S/C8H11N3O/c1-3-4-8(12)9-7-5-6-11(2)10-7/h3,5-6H,1,4H2,2H3,(H,9,10,12). The van der Waals surface area contributed by atoms with E-state index in [0.717, 1.165) is 0 Å². The molecule has 0 saturated carbocycles. The molecule has 0 aliphatic carbocycles. The lowest BCUT2D eigenvalue weighted by Crippen LogP contribution is -2.10. The largest absolute Gasteiger partial charge is 0.309 e. The molecule has 1 aromatic heterocycles. The van der Waals surface area contributed by atoms with E-state index in [1.807, 2.05) is 0 Å². The number of aryl methyl sites for hydroxylation is 1. The van der Waals surface area contributed by atoms with E-state index in [1.165, 1.54) is 0 Å². The smallest absolute Gasteiger partial charge is 0.229 e. The summed E-state index contributed by atoms with van der Waals surface area (Å²) in [6.07, 6.45) is 3.64. The van der Waals surface area contributed by atoms with E-state index < -0.39 is 0 Å². The van der Waals surface area contributed by atoms with Gasteiger partial charge in [-0.25, -0.2) is 0 Å². The van der Waals surface area contributed by atoms with Gasteiger partial charge >= 0.3 is 0 Å². The Balaban J connectivity index is 2.52. The second kappa shape index (κ2) is 3.71. The number of carbonyl (C=O) groups excluding carboxylic acids is 1. The fourth-order valence-corrected chi connectivity index (χ4v) is 0.807. The van der Waals surface area contributed by atoms with Crippen LogP contribution in [0.4, 0.5) is 5.82 Å². The van der Waals surface area contributed by atoms with E-state index in [1.54, 1.807) is 30.1 Å². The number of aromatic nitrogens is 2. The molecule has 1 N–H and O–H groups in total. The molecular formula is C8H11N3O. The summed E-state index contributed by atoms with van der Waals surface area (Å²) in [4.78, 5) is 11.0. The molecule has 4 nitrogen and oxygen atoms in total. The van der Waals surface area contributed by atoms with Gasteiger partial charge in [-0.05, 0) is 0 Å². The molecule has 12 heavy (non-hydrogen) atoms. The molecule has 64 valence electrons. The maximum absolute atomic E-state index is 11.0. The molecule has 1 heterocycles. The lowest BCUT2D eigenvalue weighted by atomic mass is 10.4. The van der Waals surface area contributed by atoms with Gasteiger partial charge in [-0.3, -0.25) is 9.48 Å². The van der Waals surface area contributed by atoms with Gasteiger partial charge in [0.15, 0.2) is 5.82 Å². The van der Waals surface area contributed by atoms with Crippen LogP contribution in [0.1, 0.15) is 6.42 Å². The highest BCUT2D eigenvalue weighted by atomic mass is 16.1. The summed E-state index contributed by atoms with van der Waals surface area (Å²) in [6, 6.07) is 1.74. The highest BCUT2D eigenvalue weighted by Gasteiger charge is 2.00. The van der Waals surface area contributed by atoms with Crippen molar-refractivity contribution in [2.75, 3.05) is 5.32 Å². The molecule has 0 atom stereocenters. The molecule has 0 spiro atoms. The van der Waals surface area contributed by atoms with Crippen LogP contribution in [0.2, 0.25) is 0 Å². The monoisotopic (exact) mass is 165 g/mol. The zero-order valence-corrected chi connectivity index (χ0v) is 6.95. The van der Waals surface area contributed by atoms with E-state index >= 15 is 0 Å². The van der Waals surface area contributed by atoms with Crippen molar-refractivity contribution in [1.82, 2.24) is 9.78 Å². The van der Waals surface area contributed by atoms with Gasteiger partial charge in [0.25, 0.3) is 0 Å². The number of amides is 1. The summed E-state index contributed by atoms with van der Waals surface area (Å²) in [7, 11) is 1.79. The second-order valence-electron chi connectivity index (χ2n) is 2.42. The van der Waals surface area contributed by atoms with Gasteiger partial charge in [-0.15, -0.1) is 6.58 Å². The summed E-state index contributed by atoms with van der Waals surface area (Å²) >= 11 is 0. The third kappa shape index (κ3) is 2.23. The normalized spacial score (nSPS) is 9.42. The van der Waals surface area contributed by atoms with Crippen LogP contribution in [0.5, 0.6) is 0 Å². The van der Waals surface area contributed by atoms with Gasteiger partial charge < -0.3 is 5.32 Å². The quantitative estimate of drug-likeness (QED) is 0.677. The van der Waals surface area contributed by atoms with E-state index in [2.05, 4.69) is 17.0 Å². The molecule has 0 aliphatic rings. The Labute approximate surface area is 70.9 Å². The van der Waals surface area contributed by atoms with E-state index in [0.29, 0.717) is 12.2 Å². The highest BCUT2D eigenvalue weighted by Crippen LogP contribution is 2.01. The van der Waals surface area contributed by atoms with Gasteiger partial charge in [0.2, 0.25) is 5.91 Å². The lowest BCUT2D eigenvalue weighted by Gasteiger charge is -1.96. The zero-order chi connectivity index (χ0) is 8.97. The van der Waals surface area contributed by atoms with Gasteiger partial charge in [0.1, 0.15) is 0 Å². The second-order valence-corrected chi connectivity index (χ2v) is 2.42. The number of rotatable bonds is 3. The number of carbonyl (C=O) groups is 1. The van der Waals surface area contributed by atoms with E-state index in [-0.39, 0.29) is 5.91 Å². The molecule has 1 aromatic rings. The van der Waals surface area contributed by atoms with Crippen LogP contribution in [-0.4, -0.2) is 15.7 Å². The topological polar surface area (TPSA) is 46.9 Å². The van der Waals surface area contributed by atoms with Crippen molar-refractivity contribution in [2.24, 2.45) is 7.05 Å². The first-order valence-corrected chi connectivity index (χ1v) is 3.63. The maximum Gasteiger partial charge on any atom is 0.229 e. The fourth-order valence-electron chi connectivity index (χ4n) is 0.807. The van der Waals surface area contributed by atoms with Crippen LogP contribution in [-0.2, 0) is 11.8 Å². The van der Waals surface area contributed by atoms with Crippen molar-refractivity contribution in [3.8, 4) is 0 Å². The number of hydrogen-bond donors (Lipinski definition) is 1. The first-order valence-electron chi connectivity index (χ1n) is 3.63. The molecule has 0 saturated heterocycles. The Morgan fingerprint density at radius 3 is 3.17 bits per heavy atom. The van der Waals surface area contributed by atoms with Gasteiger partial charge in [0.05, 0.1) is 0 Å². The van der Waals surface area contributed by atoms with Crippen molar-refractivity contribution in [2.45, 2.75) is 6.42 Å². The van der Waals surface area contributed by atoms with Crippen molar-refractivity contribution in [1.29, 1.82) is 0 Å². The molecular weight excluding hydrogens is 154 g/mol. The maximum atomic E-state index is 11.0. The van der Waals surface area contributed by atoms with Gasteiger partial charge in [-0.2, -0.15) is 5.10 Å². The summed E-state index contributed by atoms with van der Waals surface area (Å²) in [6.45, 7) is 3.46. The van der Waals surface area contributed by atoms with Crippen molar-refractivity contribution in [3.05, 3.63) is 24.9 Å². The SMILES string of the molecule is C=CCC(=O)Nc1ccn(C)n1. The molecule has 0 radical (unpaired) electrons. The average Bonchev–Trinajstić information content (AvgIpc) is 2.36. The van der Waals surface area contributed by atoms with E-state index in [9.17, 15) is 4.79 Å². The third-order valence-electron chi connectivity index (χ3n) is 1.31. The third-order valence-corrected chi connectivity index (χ3v) is 1.31. The Morgan fingerprint density at radius 1 is 1.92 bits per heavy atom. The minimum Gasteiger partial charge on any atom is -0.309 e. The Kier molecular flexibility index (Phi) is 2.63. The van der Waals surface area contributed by atoms with Crippen LogP contribution >= 0.6 is 0 Å². The molecule has 0 unspecified atom stereocenters. The van der Waals surface area contributed by atoms with Gasteiger partial charge in [-0.1, -0.05) is 6.08 Å². The molecule has 1 rings (SSSR count). The summed E-state index contributed by atoms with van der Waals surface area (Å²) in [5, 5.41) is 6.60. The Hall–Kier alpha value is -1.58. The summed E-state index contributed by atoms with van der Waals surface area (Å²) in [5.74, 6) is 0.480. The van der Waals surface area contributed by atoms with E-state index in [4.69, 9.17) is 0 Å². The van der Waals surface area contributed by atoms with Crippen molar-refractivity contribution in [3.63, 3.8) is 0 Å². The average molecular weight is 165 g/mol. The van der Waals surface area contributed by atoms with Gasteiger partial charge in [0, 0.05) is 25.7 Å². The minimum atomic E-state index is -0.0938. The fraction of sp³-hybridized carbons (Fsp3) is 0.250. The molecule has 0 aromatic carbocycles. The van der Waals surface area contributed by atoms with Crippen LogP contribution < -0.4 is 5.32 Å². The minimum absolute atomic E-state index is 0.0938. The van der Waals surface area contributed by atoms with Crippen LogP contribution in [0.3, 0.4) is 0 Å². The zero-order valence-electron chi connectivity index (χ0n) is 6.95. The Morgan fingerprint density at radius 2 is 2.67 bits per heavy atom. The van der Waals surface area contributed by atoms with Crippen molar-refractivity contribution < 1.29 is 4.79 Å². The van der Waals surface area contributed by atoms with Crippen LogP contribution in [0, 0.1) is 0 Å². The summed E-state index contributed by atoms with van der Waals surface area (Å²) < 4.78 is 1.63.